The van der Waals surface area contributed by atoms with E-state index >= 15 is 0 Å². The Labute approximate surface area is 140 Å². The molecule has 0 saturated carbocycles. The summed E-state index contributed by atoms with van der Waals surface area (Å²) in [4.78, 5) is 10.1. The minimum atomic E-state index is -0.437. The van der Waals surface area contributed by atoms with Crippen LogP contribution in [0.3, 0.4) is 0 Å². The van der Waals surface area contributed by atoms with Gasteiger partial charge in [0.1, 0.15) is 12.4 Å². The van der Waals surface area contributed by atoms with Crippen LogP contribution in [0.15, 0.2) is 42.5 Å². The molecular weight excluding hydrogens is 407 g/mol. The summed E-state index contributed by atoms with van der Waals surface area (Å²) >= 11 is 8.10. The van der Waals surface area contributed by atoms with Crippen LogP contribution in [0.25, 0.3) is 0 Å². The average Bonchev–Trinajstić information content (AvgIpc) is 2.46. The van der Waals surface area contributed by atoms with Crippen molar-refractivity contribution < 1.29 is 9.66 Å². The SMILES string of the molecule is O=[N+]([O-])c1ccc(OCCNc2ccc(Cl)cc2I)cc1. The van der Waals surface area contributed by atoms with Crippen molar-refractivity contribution in [2.45, 2.75) is 0 Å². The highest BCUT2D eigenvalue weighted by atomic mass is 127. The van der Waals surface area contributed by atoms with E-state index in [1.165, 1.54) is 12.1 Å². The van der Waals surface area contributed by atoms with Gasteiger partial charge in [0.15, 0.2) is 0 Å². The van der Waals surface area contributed by atoms with Crippen LogP contribution < -0.4 is 10.1 Å². The number of benzene rings is 2. The Balaban J connectivity index is 1.80. The lowest BCUT2D eigenvalue weighted by molar-refractivity contribution is -0.384. The summed E-state index contributed by atoms with van der Waals surface area (Å²) in [6.07, 6.45) is 0. The summed E-state index contributed by atoms with van der Waals surface area (Å²) in [5, 5.41) is 14.5. The van der Waals surface area contributed by atoms with E-state index in [4.69, 9.17) is 16.3 Å². The number of halogens is 2. The molecule has 0 aliphatic rings. The lowest BCUT2D eigenvalue weighted by Crippen LogP contribution is -2.12. The first-order valence-electron chi connectivity index (χ1n) is 6.12. The smallest absolute Gasteiger partial charge is 0.269 e. The van der Waals surface area contributed by atoms with Crippen LogP contribution in [-0.2, 0) is 0 Å². The number of anilines is 1. The van der Waals surface area contributed by atoms with Gasteiger partial charge in [0.25, 0.3) is 5.69 Å². The molecule has 2 aromatic rings. The molecule has 0 saturated heterocycles. The summed E-state index contributed by atoms with van der Waals surface area (Å²) < 4.78 is 6.55. The number of non-ortho nitro benzene ring substituents is 1. The highest BCUT2D eigenvalue weighted by molar-refractivity contribution is 14.1. The van der Waals surface area contributed by atoms with Crippen molar-refractivity contribution >= 4 is 45.6 Å². The van der Waals surface area contributed by atoms with Gasteiger partial charge < -0.3 is 10.1 Å². The molecule has 0 fully saturated rings. The van der Waals surface area contributed by atoms with Crippen molar-refractivity contribution in [2.75, 3.05) is 18.5 Å². The fourth-order valence-corrected chi connectivity index (χ4v) is 2.71. The number of hydrogen-bond donors (Lipinski definition) is 1. The third-order valence-electron chi connectivity index (χ3n) is 2.66. The number of nitro groups is 1. The fourth-order valence-electron chi connectivity index (χ4n) is 1.65. The molecule has 2 rings (SSSR count). The van der Waals surface area contributed by atoms with E-state index in [2.05, 4.69) is 27.9 Å². The lowest BCUT2D eigenvalue weighted by Gasteiger charge is -2.10. The molecule has 0 aliphatic carbocycles. The van der Waals surface area contributed by atoms with Crippen LogP contribution in [-0.4, -0.2) is 18.1 Å². The number of nitrogens with zero attached hydrogens (tertiary/aromatic N) is 1. The number of ether oxygens (including phenoxy) is 1. The molecule has 0 spiro atoms. The van der Waals surface area contributed by atoms with E-state index in [9.17, 15) is 10.1 Å². The van der Waals surface area contributed by atoms with Gasteiger partial charge in [0, 0.05) is 33.0 Å². The molecule has 0 aromatic heterocycles. The van der Waals surface area contributed by atoms with Gasteiger partial charge in [-0.05, 0) is 52.9 Å². The largest absolute Gasteiger partial charge is 0.492 e. The molecule has 7 heteroatoms. The topological polar surface area (TPSA) is 64.4 Å². The van der Waals surface area contributed by atoms with Crippen LogP contribution in [0.5, 0.6) is 5.75 Å². The Kier molecular flexibility index (Phi) is 5.63. The van der Waals surface area contributed by atoms with Gasteiger partial charge in [-0.2, -0.15) is 0 Å². The van der Waals surface area contributed by atoms with Crippen molar-refractivity contribution in [3.05, 3.63) is 61.2 Å². The summed E-state index contributed by atoms with van der Waals surface area (Å²) in [6, 6.07) is 11.6. The van der Waals surface area contributed by atoms with E-state index in [1.807, 2.05) is 18.2 Å². The molecule has 0 unspecified atom stereocenters. The monoisotopic (exact) mass is 418 g/mol. The van der Waals surface area contributed by atoms with Crippen LogP contribution in [0.4, 0.5) is 11.4 Å². The zero-order chi connectivity index (χ0) is 15.2. The second-order valence-electron chi connectivity index (χ2n) is 4.15. The molecule has 110 valence electrons. The zero-order valence-electron chi connectivity index (χ0n) is 10.9. The number of nitrogens with one attached hydrogen (secondary N) is 1. The van der Waals surface area contributed by atoms with Crippen molar-refractivity contribution in [3.63, 3.8) is 0 Å². The van der Waals surface area contributed by atoms with E-state index in [0.29, 0.717) is 23.9 Å². The second-order valence-corrected chi connectivity index (χ2v) is 5.75. The quantitative estimate of drug-likeness (QED) is 0.328. The Morgan fingerprint density at radius 3 is 2.57 bits per heavy atom. The molecule has 2 aromatic carbocycles. The molecule has 0 amide bonds. The predicted molar refractivity (Wildman–Crippen MR) is 91.3 cm³/mol. The van der Waals surface area contributed by atoms with Gasteiger partial charge >= 0.3 is 0 Å². The molecule has 0 heterocycles. The summed E-state index contributed by atoms with van der Waals surface area (Å²) in [5.74, 6) is 0.605. The first-order valence-corrected chi connectivity index (χ1v) is 7.58. The second kappa shape index (κ2) is 7.46. The van der Waals surface area contributed by atoms with Gasteiger partial charge in [0.05, 0.1) is 4.92 Å². The Morgan fingerprint density at radius 1 is 1.24 bits per heavy atom. The first-order chi connectivity index (χ1) is 10.1. The Bertz CT molecular complexity index is 635. The maximum atomic E-state index is 10.5. The molecule has 0 bridgehead atoms. The third-order valence-corrected chi connectivity index (χ3v) is 3.79. The minimum Gasteiger partial charge on any atom is -0.492 e. The summed E-state index contributed by atoms with van der Waals surface area (Å²) in [6.45, 7) is 1.07. The maximum Gasteiger partial charge on any atom is 0.269 e. The molecule has 0 aliphatic heterocycles. The molecule has 21 heavy (non-hydrogen) atoms. The predicted octanol–water partition coefficient (Wildman–Crippen LogP) is 4.34. The fraction of sp³-hybridized carbons (Fsp3) is 0.143. The highest BCUT2D eigenvalue weighted by Gasteiger charge is 2.04. The van der Waals surface area contributed by atoms with E-state index in [-0.39, 0.29) is 5.69 Å². The van der Waals surface area contributed by atoms with Gasteiger partial charge in [-0.1, -0.05) is 11.6 Å². The molecule has 0 radical (unpaired) electrons. The van der Waals surface area contributed by atoms with Gasteiger partial charge in [-0.25, -0.2) is 0 Å². The van der Waals surface area contributed by atoms with Crippen LogP contribution in [0.1, 0.15) is 0 Å². The highest BCUT2D eigenvalue weighted by Crippen LogP contribution is 2.22. The van der Waals surface area contributed by atoms with Crippen LogP contribution in [0, 0.1) is 13.7 Å². The first kappa shape index (κ1) is 15.8. The van der Waals surface area contributed by atoms with Crippen LogP contribution >= 0.6 is 34.2 Å². The van der Waals surface area contributed by atoms with Crippen molar-refractivity contribution in [2.24, 2.45) is 0 Å². The molecule has 5 nitrogen and oxygen atoms in total. The molecular formula is C14H12ClIN2O3. The summed E-state index contributed by atoms with van der Waals surface area (Å²) in [5.41, 5.74) is 1.04. The number of nitro benzene ring substituents is 1. The normalized spacial score (nSPS) is 10.2. The average molecular weight is 419 g/mol. The van der Waals surface area contributed by atoms with Gasteiger partial charge in [-0.3, -0.25) is 10.1 Å². The standard InChI is InChI=1S/C14H12ClIN2O3/c15-10-1-6-14(13(16)9-10)17-7-8-21-12-4-2-11(3-5-12)18(19)20/h1-6,9,17H,7-8H2. The third kappa shape index (κ3) is 4.75. The Hall–Kier alpha value is -1.54. The van der Waals surface area contributed by atoms with Crippen molar-refractivity contribution in [1.29, 1.82) is 0 Å². The van der Waals surface area contributed by atoms with E-state index in [0.717, 1.165) is 9.26 Å². The van der Waals surface area contributed by atoms with Crippen LogP contribution in [0.2, 0.25) is 5.02 Å². The lowest BCUT2D eigenvalue weighted by atomic mass is 10.3. The molecule has 1 N–H and O–H groups in total. The maximum absolute atomic E-state index is 10.5. The van der Waals surface area contributed by atoms with E-state index in [1.54, 1.807) is 12.1 Å². The van der Waals surface area contributed by atoms with Gasteiger partial charge in [0.2, 0.25) is 0 Å². The van der Waals surface area contributed by atoms with Gasteiger partial charge in [-0.15, -0.1) is 0 Å². The number of rotatable bonds is 6. The number of hydrogen-bond acceptors (Lipinski definition) is 4. The summed E-state index contributed by atoms with van der Waals surface area (Å²) in [7, 11) is 0. The minimum absolute atomic E-state index is 0.0520. The zero-order valence-corrected chi connectivity index (χ0v) is 13.8. The molecule has 0 atom stereocenters. The van der Waals surface area contributed by atoms with E-state index < -0.39 is 4.92 Å². The van der Waals surface area contributed by atoms with Crippen molar-refractivity contribution in [3.8, 4) is 5.75 Å². The van der Waals surface area contributed by atoms with Crippen molar-refractivity contribution in [1.82, 2.24) is 0 Å². The Morgan fingerprint density at radius 2 is 1.95 bits per heavy atom.